The number of carbonyl (C=O) groups excluding carboxylic acids is 1. The molecule has 2 N–H and O–H groups in total. The van der Waals surface area contributed by atoms with Crippen molar-refractivity contribution in [2.75, 3.05) is 41.3 Å². The smallest absolute Gasteiger partial charge is 0.327 e. The zero-order chi connectivity index (χ0) is 22.4. The Morgan fingerprint density at radius 3 is 2.97 bits per heavy atom. The second kappa shape index (κ2) is 8.05. The number of hydrogen-bond acceptors (Lipinski definition) is 5. The summed E-state index contributed by atoms with van der Waals surface area (Å²) in [6.07, 6.45) is 5.83. The maximum absolute atomic E-state index is 14.6. The summed E-state index contributed by atoms with van der Waals surface area (Å²) in [5.41, 5.74) is 3.62. The third-order valence-corrected chi connectivity index (χ3v) is 6.35. The van der Waals surface area contributed by atoms with Crippen LogP contribution in [0.15, 0.2) is 30.7 Å². The fourth-order valence-corrected chi connectivity index (χ4v) is 4.62. The molecule has 168 valence electrons. The molecule has 5 rings (SSSR count). The summed E-state index contributed by atoms with van der Waals surface area (Å²) in [6.45, 7) is 9.59. The van der Waals surface area contributed by atoms with Crippen LogP contribution in [0.25, 0.3) is 5.65 Å². The van der Waals surface area contributed by atoms with E-state index in [1.54, 1.807) is 27.9 Å². The molecule has 0 spiro atoms. The normalized spacial score (nSPS) is 18.5. The topological polar surface area (TPSA) is 77.8 Å². The first kappa shape index (κ1) is 20.7. The second-order valence-corrected chi connectivity index (χ2v) is 8.90. The number of nitrogens with one attached hydrogen (secondary N) is 2. The molecule has 9 heteroatoms. The number of carbonyl (C=O) groups is 1. The molecule has 32 heavy (non-hydrogen) atoms. The van der Waals surface area contributed by atoms with Crippen molar-refractivity contribution < 1.29 is 9.18 Å². The third kappa shape index (κ3) is 3.66. The summed E-state index contributed by atoms with van der Waals surface area (Å²) in [6, 6.07) is 3.41. The first-order chi connectivity index (χ1) is 15.4. The molecule has 1 saturated heterocycles. The minimum atomic E-state index is -0.516. The lowest BCUT2D eigenvalue weighted by Gasteiger charge is -2.38. The number of piperazine rings is 1. The van der Waals surface area contributed by atoms with Crippen molar-refractivity contribution in [1.29, 1.82) is 0 Å². The highest BCUT2D eigenvalue weighted by atomic mass is 19.1. The molecule has 0 unspecified atom stereocenters. The van der Waals surface area contributed by atoms with E-state index >= 15 is 0 Å². The molecular formula is C23H28FN7O. The Morgan fingerprint density at radius 2 is 2.16 bits per heavy atom. The second-order valence-electron chi connectivity index (χ2n) is 8.90. The SMILES string of the molecule is Cc1cn2cc(NC(=O)N3CCc4c(N5CCN[C@@H](C(C)C)C5)ccnc43)c(F)cc2n1. The molecule has 3 aromatic rings. The number of fused-ring (bicyclic) bond motifs is 2. The third-order valence-electron chi connectivity index (χ3n) is 6.35. The number of hydrogen-bond donors (Lipinski definition) is 2. The lowest BCUT2D eigenvalue weighted by atomic mass is 10.0. The molecule has 2 amide bonds. The highest BCUT2D eigenvalue weighted by Gasteiger charge is 2.31. The van der Waals surface area contributed by atoms with Crippen molar-refractivity contribution >= 4 is 28.9 Å². The Bertz CT molecular complexity index is 1170. The van der Waals surface area contributed by atoms with Gasteiger partial charge in [-0.3, -0.25) is 4.90 Å². The molecule has 2 aliphatic rings. The molecule has 1 fully saturated rings. The number of anilines is 3. The number of urea groups is 1. The first-order valence-corrected chi connectivity index (χ1v) is 11.1. The Labute approximate surface area is 186 Å². The van der Waals surface area contributed by atoms with Crippen molar-refractivity contribution in [2.24, 2.45) is 5.92 Å². The predicted molar refractivity (Wildman–Crippen MR) is 123 cm³/mol. The van der Waals surface area contributed by atoms with Gasteiger partial charge in [-0.05, 0) is 25.3 Å². The van der Waals surface area contributed by atoms with E-state index in [-0.39, 0.29) is 11.7 Å². The van der Waals surface area contributed by atoms with E-state index in [0.29, 0.717) is 30.0 Å². The van der Waals surface area contributed by atoms with Gasteiger partial charge in [0.15, 0.2) is 5.82 Å². The van der Waals surface area contributed by atoms with E-state index in [1.165, 1.54) is 6.07 Å². The Balaban J connectivity index is 1.38. The van der Waals surface area contributed by atoms with Crippen molar-refractivity contribution in [1.82, 2.24) is 19.7 Å². The van der Waals surface area contributed by atoms with E-state index in [0.717, 1.165) is 43.0 Å². The lowest BCUT2D eigenvalue weighted by molar-refractivity contribution is 0.257. The van der Waals surface area contributed by atoms with E-state index in [4.69, 9.17) is 0 Å². The standard InChI is InChI=1S/C23H28FN7O/c1-14(2)18-12-29(9-7-25-18)20-4-6-26-22-16(20)5-8-31(22)23(32)28-19-13-30-11-15(3)27-21(30)10-17(19)24/h4,6,10-11,13-14,18,25H,5,7-9,12H2,1-3H3,(H,28,32)/t18-/m1/s1. The van der Waals surface area contributed by atoms with E-state index in [1.807, 2.05) is 13.0 Å². The minimum Gasteiger partial charge on any atom is -0.368 e. The molecule has 2 aliphatic heterocycles. The van der Waals surface area contributed by atoms with Crippen LogP contribution in [0.1, 0.15) is 25.1 Å². The monoisotopic (exact) mass is 437 g/mol. The molecule has 8 nitrogen and oxygen atoms in total. The molecule has 0 saturated carbocycles. The maximum Gasteiger partial charge on any atom is 0.327 e. The van der Waals surface area contributed by atoms with Gasteiger partial charge in [0.1, 0.15) is 11.5 Å². The molecule has 1 atom stereocenters. The Hall–Kier alpha value is -3.20. The number of halogens is 1. The highest BCUT2D eigenvalue weighted by Crippen LogP contribution is 2.35. The molecule has 3 aromatic heterocycles. The van der Waals surface area contributed by atoms with Crippen molar-refractivity contribution in [3.05, 3.63) is 47.8 Å². The fourth-order valence-electron chi connectivity index (χ4n) is 4.62. The van der Waals surface area contributed by atoms with Gasteiger partial charge in [0.2, 0.25) is 0 Å². The van der Waals surface area contributed by atoms with Gasteiger partial charge in [-0.15, -0.1) is 0 Å². The predicted octanol–water partition coefficient (Wildman–Crippen LogP) is 3.21. The van der Waals surface area contributed by atoms with Crippen molar-refractivity contribution in [3.8, 4) is 0 Å². The number of nitrogens with zero attached hydrogens (tertiary/aromatic N) is 5. The van der Waals surface area contributed by atoms with Crippen molar-refractivity contribution in [2.45, 2.75) is 33.2 Å². The van der Waals surface area contributed by atoms with Crippen LogP contribution in [0.2, 0.25) is 0 Å². The number of amides is 2. The number of rotatable bonds is 3. The molecule has 5 heterocycles. The fraction of sp³-hybridized carbons (Fsp3) is 0.435. The quantitative estimate of drug-likeness (QED) is 0.658. The summed E-state index contributed by atoms with van der Waals surface area (Å²) < 4.78 is 16.3. The molecule has 0 aromatic carbocycles. The van der Waals surface area contributed by atoms with Crippen LogP contribution in [-0.4, -0.2) is 52.6 Å². The van der Waals surface area contributed by atoms with Gasteiger partial charge < -0.3 is 19.9 Å². The zero-order valence-electron chi connectivity index (χ0n) is 18.6. The van der Waals surface area contributed by atoms with Crippen molar-refractivity contribution in [3.63, 3.8) is 0 Å². The van der Waals surface area contributed by atoms with Crippen LogP contribution in [0.4, 0.5) is 26.4 Å². The van der Waals surface area contributed by atoms with Crippen LogP contribution in [0.3, 0.4) is 0 Å². The molecular weight excluding hydrogens is 409 g/mol. The largest absolute Gasteiger partial charge is 0.368 e. The van der Waals surface area contributed by atoms with Gasteiger partial charge in [-0.25, -0.2) is 19.2 Å². The van der Waals surface area contributed by atoms with Gasteiger partial charge in [0.25, 0.3) is 0 Å². The summed E-state index contributed by atoms with van der Waals surface area (Å²) in [4.78, 5) is 25.8. The van der Waals surface area contributed by atoms with Gasteiger partial charge >= 0.3 is 6.03 Å². The van der Waals surface area contributed by atoms with Gasteiger partial charge in [-0.2, -0.15) is 0 Å². The summed E-state index contributed by atoms with van der Waals surface area (Å²) in [5.74, 6) is 0.680. The number of aryl methyl sites for hydroxylation is 1. The first-order valence-electron chi connectivity index (χ1n) is 11.1. The number of aromatic nitrogens is 3. The average Bonchev–Trinajstić information content (AvgIpc) is 3.36. The lowest BCUT2D eigenvalue weighted by Crippen LogP contribution is -2.53. The average molecular weight is 438 g/mol. The van der Waals surface area contributed by atoms with Crippen LogP contribution < -0.4 is 20.4 Å². The molecule has 0 radical (unpaired) electrons. The van der Waals surface area contributed by atoms with Gasteiger partial charge in [0, 0.05) is 68.1 Å². The van der Waals surface area contributed by atoms with Crippen LogP contribution in [0.5, 0.6) is 0 Å². The van der Waals surface area contributed by atoms with Gasteiger partial charge in [-0.1, -0.05) is 13.8 Å². The Kier molecular flexibility index (Phi) is 5.21. The summed E-state index contributed by atoms with van der Waals surface area (Å²) in [5, 5.41) is 6.30. The highest BCUT2D eigenvalue weighted by molar-refractivity contribution is 6.03. The molecule has 0 aliphatic carbocycles. The van der Waals surface area contributed by atoms with Gasteiger partial charge in [0.05, 0.1) is 11.4 Å². The number of imidazole rings is 1. The van der Waals surface area contributed by atoms with Crippen LogP contribution in [-0.2, 0) is 6.42 Å². The van der Waals surface area contributed by atoms with E-state index < -0.39 is 5.82 Å². The Morgan fingerprint density at radius 1 is 1.31 bits per heavy atom. The minimum absolute atomic E-state index is 0.117. The van der Waals surface area contributed by atoms with Crippen LogP contribution >= 0.6 is 0 Å². The van der Waals surface area contributed by atoms with E-state index in [2.05, 4.69) is 39.3 Å². The zero-order valence-corrected chi connectivity index (χ0v) is 18.6. The summed E-state index contributed by atoms with van der Waals surface area (Å²) in [7, 11) is 0. The summed E-state index contributed by atoms with van der Waals surface area (Å²) >= 11 is 0. The van der Waals surface area contributed by atoms with E-state index in [9.17, 15) is 9.18 Å². The molecule has 0 bridgehead atoms. The number of pyridine rings is 2. The maximum atomic E-state index is 14.6. The van der Waals surface area contributed by atoms with Crippen LogP contribution in [0, 0.1) is 18.7 Å².